The van der Waals surface area contributed by atoms with Gasteiger partial charge in [-0.3, -0.25) is 9.89 Å². The normalized spacial score (nSPS) is 19.9. The Morgan fingerprint density at radius 1 is 1.36 bits per heavy atom. The smallest absolute Gasteiger partial charge is 0.193 e. The van der Waals surface area contributed by atoms with E-state index in [1.54, 1.807) is 13.2 Å². The van der Waals surface area contributed by atoms with Crippen LogP contribution in [0.3, 0.4) is 0 Å². The Morgan fingerprint density at radius 3 is 2.82 bits per heavy atom. The largest absolute Gasteiger partial charge is 0.495 e. The number of aliphatic imine (C=N–C) groups is 1. The van der Waals surface area contributed by atoms with E-state index in [1.807, 2.05) is 37.4 Å². The van der Waals surface area contributed by atoms with E-state index in [0.29, 0.717) is 18.3 Å². The average Bonchev–Trinajstić information content (AvgIpc) is 3.03. The molecule has 3 N–H and O–H groups in total. The molecule has 0 bridgehead atoms. The van der Waals surface area contributed by atoms with E-state index in [1.165, 1.54) is 6.07 Å². The fourth-order valence-corrected chi connectivity index (χ4v) is 3.70. The molecule has 8 heteroatoms. The molecule has 0 radical (unpaired) electrons. The lowest BCUT2D eigenvalue weighted by Crippen LogP contribution is -2.26. The van der Waals surface area contributed by atoms with E-state index < -0.39 is 5.82 Å². The molecule has 1 fully saturated rings. The number of benzene rings is 2. The number of guanidine groups is 1. The maximum absolute atomic E-state index is 13.9. The highest BCUT2D eigenvalue weighted by molar-refractivity contribution is 14.0. The highest BCUT2D eigenvalue weighted by atomic mass is 127. The van der Waals surface area contributed by atoms with Crippen LogP contribution in [0.1, 0.15) is 18.0 Å². The van der Waals surface area contributed by atoms with Gasteiger partial charge in [0.25, 0.3) is 0 Å². The number of nitrogens with zero attached hydrogens (tertiary/aromatic N) is 2. The van der Waals surface area contributed by atoms with Crippen LogP contribution in [0, 0.1) is 11.7 Å². The minimum atomic E-state index is -0.394. The van der Waals surface area contributed by atoms with Gasteiger partial charge in [-0.25, -0.2) is 4.39 Å². The molecule has 1 aliphatic rings. The molecule has 2 aromatic carbocycles. The Morgan fingerprint density at radius 2 is 2.11 bits per heavy atom. The summed E-state index contributed by atoms with van der Waals surface area (Å²) in [4.78, 5) is 6.72. The highest BCUT2D eigenvalue weighted by Crippen LogP contribution is 2.37. The Kier molecular flexibility index (Phi) is 8.33. The third-order valence-corrected chi connectivity index (χ3v) is 5.23. The van der Waals surface area contributed by atoms with E-state index in [4.69, 9.17) is 22.1 Å². The van der Waals surface area contributed by atoms with Crippen molar-refractivity contribution in [2.75, 3.05) is 32.6 Å². The number of likely N-dealkylation sites (tertiary alicyclic amines) is 1. The van der Waals surface area contributed by atoms with Crippen LogP contribution in [0.5, 0.6) is 5.75 Å². The van der Waals surface area contributed by atoms with Crippen molar-refractivity contribution < 1.29 is 9.13 Å². The minimum Gasteiger partial charge on any atom is -0.495 e. The molecule has 0 amide bonds. The van der Waals surface area contributed by atoms with E-state index in [9.17, 15) is 4.39 Å². The molecule has 2 aromatic rings. The van der Waals surface area contributed by atoms with Crippen LogP contribution in [-0.2, 0) is 0 Å². The van der Waals surface area contributed by atoms with Gasteiger partial charge >= 0.3 is 0 Å². The van der Waals surface area contributed by atoms with Crippen LogP contribution in [0.15, 0.2) is 47.5 Å². The Balaban J connectivity index is 0.00000280. The molecular weight excluding hydrogens is 494 g/mol. The van der Waals surface area contributed by atoms with Gasteiger partial charge in [0, 0.05) is 12.6 Å². The summed E-state index contributed by atoms with van der Waals surface area (Å²) in [5.41, 5.74) is 7.74. The second-order valence-electron chi connectivity index (χ2n) is 6.70. The van der Waals surface area contributed by atoms with Crippen molar-refractivity contribution in [2.45, 2.75) is 12.5 Å². The van der Waals surface area contributed by atoms with Crippen molar-refractivity contribution >= 4 is 47.2 Å². The van der Waals surface area contributed by atoms with Crippen molar-refractivity contribution in [3.05, 3.63) is 58.9 Å². The monoisotopic (exact) mass is 518 g/mol. The number of ether oxygens (including phenoxy) is 1. The predicted molar refractivity (Wildman–Crippen MR) is 123 cm³/mol. The summed E-state index contributed by atoms with van der Waals surface area (Å²) >= 11 is 5.82. The summed E-state index contributed by atoms with van der Waals surface area (Å²) in [5.74, 6) is 0.878. The number of para-hydroxylation sites is 2. The first-order valence-electron chi connectivity index (χ1n) is 8.84. The van der Waals surface area contributed by atoms with E-state index in [2.05, 4.69) is 15.2 Å². The van der Waals surface area contributed by atoms with Crippen LogP contribution in [-0.4, -0.2) is 38.1 Å². The molecular formula is C20H25ClFIN4O. The first-order chi connectivity index (χ1) is 13.0. The number of hydrogen-bond acceptors (Lipinski definition) is 3. The maximum atomic E-state index is 13.9. The molecule has 152 valence electrons. The number of nitrogens with one attached hydrogen (secondary N) is 1. The quantitative estimate of drug-likeness (QED) is 0.347. The molecule has 0 aromatic heterocycles. The van der Waals surface area contributed by atoms with Gasteiger partial charge in [0.1, 0.15) is 11.6 Å². The van der Waals surface area contributed by atoms with Crippen LogP contribution in [0.25, 0.3) is 0 Å². The molecule has 0 spiro atoms. The van der Waals surface area contributed by atoms with Gasteiger partial charge in [-0.15, -0.1) is 24.0 Å². The Bertz CT molecular complexity index is 836. The summed E-state index contributed by atoms with van der Waals surface area (Å²) in [6, 6.07) is 12.6. The molecule has 0 aliphatic carbocycles. The summed E-state index contributed by atoms with van der Waals surface area (Å²) in [7, 11) is 3.65. The predicted octanol–water partition coefficient (Wildman–Crippen LogP) is 4.53. The minimum absolute atomic E-state index is 0. The summed E-state index contributed by atoms with van der Waals surface area (Å²) < 4.78 is 19.2. The molecule has 1 heterocycles. The first kappa shape index (κ1) is 22.7. The topological polar surface area (TPSA) is 62.9 Å². The van der Waals surface area contributed by atoms with Crippen LogP contribution < -0.4 is 15.8 Å². The van der Waals surface area contributed by atoms with E-state index >= 15 is 0 Å². The first-order valence-corrected chi connectivity index (χ1v) is 9.22. The zero-order valence-corrected chi connectivity index (χ0v) is 18.9. The molecule has 0 saturated carbocycles. The van der Waals surface area contributed by atoms with E-state index in [0.717, 1.165) is 24.2 Å². The zero-order valence-electron chi connectivity index (χ0n) is 15.9. The number of anilines is 1. The van der Waals surface area contributed by atoms with Gasteiger partial charge in [-0.2, -0.15) is 0 Å². The number of nitrogens with two attached hydrogens (primary N) is 1. The molecule has 5 nitrogen and oxygen atoms in total. The van der Waals surface area contributed by atoms with Gasteiger partial charge in [0.2, 0.25) is 0 Å². The van der Waals surface area contributed by atoms with Crippen LogP contribution >= 0.6 is 35.6 Å². The fraction of sp³-hybridized carbons (Fsp3) is 0.350. The van der Waals surface area contributed by atoms with Crippen molar-refractivity contribution in [3.8, 4) is 5.75 Å². The molecule has 2 unspecified atom stereocenters. The van der Waals surface area contributed by atoms with Gasteiger partial charge in [0.15, 0.2) is 5.96 Å². The standard InChI is InChI=1S/C20H24ClFN4O.HI/c1-26-10-9-14(19(26)13-7-8-15(21)16(22)11-13)12-24-20(23)25-17-5-3-4-6-18(17)27-2;/h3-8,11,14,19H,9-10,12H2,1-2H3,(H3,23,24,25);1H. The van der Waals surface area contributed by atoms with E-state index in [-0.39, 0.29) is 41.0 Å². The summed E-state index contributed by atoms with van der Waals surface area (Å²) in [6.07, 6.45) is 0.969. The van der Waals surface area contributed by atoms with Crippen molar-refractivity contribution in [1.82, 2.24) is 4.90 Å². The van der Waals surface area contributed by atoms with Crippen LogP contribution in [0.2, 0.25) is 5.02 Å². The average molecular weight is 519 g/mol. The Hall–Kier alpha value is -1.58. The number of methoxy groups -OCH3 is 1. The molecule has 28 heavy (non-hydrogen) atoms. The van der Waals surface area contributed by atoms with Gasteiger partial charge in [-0.05, 0) is 55.8 Å². The number of halogens is 3. The third kappa shape index (κ3) is 5.27. The second kappa shape index (κ2) is 10.3. The highest BCUT2D eigenvalue weighted by Gasteiger charge is 2.33. The Labute approximate surface area is 187 Å². The number of hydrogen-bond donors (Lipinski definition) is 2. The molecule has 2 atom stereocenters. The number of rotatable bonds is 5. The summed E-state index contributed by atoms with van der Waals surface area (Å²) in [5, 5.41) is 3.22. The second-order valence-corrected chi connectivity index (χ2v) is 7.11. The van der Waals surface area contributed by atoms with Crippen molar-refractivity contribution in [1.29, 1.82) is 0 Å². The van der Waals surface area contributed by atoms with Gasteiger partial charge < -0.3 is 15.8 Å². The fourth-order valence-electron chi connectivity index (χ4n) is 3.58. The lowest BCUT2D eigenvalue weighted by atomic mass is 9.94. The molecule has 1 saturated heterocycles. The van der Waals surface area contributed by atoms with Gasteiger partial charge in [0.05, 0.1) is 17.8 Å². The van der Waals surface area contributed by atoms with Crippen molar-refractivity contribution in [2.24, 2.45) is 16.6 Å². The zero-order chi connectivity index (χ0) is 19.4. The van der Waals surface area contributed by atoms with Gasteiger partial charge in [-0.1, -0.05) is 29.8 Å². The SMILES string of the molecule is COc1ccccc1NC(N)=NCC1CCN(C)C1c1ccc(Cl)c(F)c1.I. The molecule has 3 rings (SSSR count). The lowest BCUT2D eigenvalue weighted by Gasteiger charge is -2.25. The summed E-state index contributed by atoms with van der Waals surface area (Å²) in [6.45, 7) is 1.47. The van der Waals surface area contributed by atoms with Crippen LogP contribution in [0.4, 0.5) is 10.1 Å². The van der Waals surface area contributed by atoms with Crippen molar-refractivity contribution in [3.63, 3.8) is 0 Å². The molecule has 1 aliphatic heterocycles. The maximum Gasteiger partial charge on any atom is 0.193 e. The third-order valence-electron chi connectivity index (χ3n) is 4.93. The lowest BCUT2D eigenvalue weighted by molar-refractivity contribution is 0.279.